The highest BCUT2D eigenvalue weighted by Gasteiger charge is 2.29. The molecule has 0 spiro atoms. The van der Waals surface area contributed by atoms with E-state index in [9.17, 15) is 9.59 Å². The van der Waals surface area contributed by atoms with Gasteiger partial charge in [-0.25, -0.2) is 0 Å². The standard InChI is InChI=1S/C24H34N2O3/c27-23(20-6-2-1-3-7-20)26-16-12-19(13-17-26)18-29-22-10-8-21(9-11-22)24(28)25-14-4-5-15-25/h8-11,19-20H,1-7,12-18H2. The first-order chi connectivity index (χ1) is 14.2. The predicted molar refractivity (Wildman–Crippen MR) is 113 cm³/mol. The van der Waals surface area contributed by atoms with Crippen molar-refractivity contribution in [3.8, 4) is 5.75 Å². The van der Waals surface area contributed by atoms with Crippen LogP contribution in [0.4, 0.5) is 0 Å². The maximum absolute atomic E-state index is 12.7. The van der Waals surface area contributed by atoms with E-state index in [2.05, 4.69) is 4.90 Å². The molecular formula is C24H34N2O3. The molecule has 3 aliphatic rings. The van der Waals surface area contributed by atoms with Gasteiger partial charge in [-0.3, -0.25) is 9.59 Å². The molecule has 0 unspecified atom stereocenters. The van der Waals surface area contributed by atoms with Crippen LogP contribution in [0, 0.1) is 11.8 Å². The fraction of sp³-hybridized carbons (Fsp3) is 0.667. The lowest BCUT2D eigenvalue weighted by Crippen LogP contribution is -2.43. The van der Waals surface area contributed by atoms with Crippen molar-refractivity contribution < 1.29 is 14.3 Å². The number of hydrogen-bond acceptors (Lipinski definition) is 3. The summed E-state index contributed by atoms with van der Waals surface area (Å²) in [6, 6.07) is 7.57. The number of benzene rings is 1. The molecule has 1 saturated carbocycles. The van der Waals surface area contributed by atoms with E-state index in [1.54, 1.807) is 0 Å². The SMILES string of the molecule is O=C(c1ccc(OCC2CCN(C(=O)C3CCCCC3)CC2)cc1)N1CCCC1. The first kappa shape index (κ1) is 20.2. The molecule has 0 bridgehead atoms. The zero-order chi connectivity index (χ0) is 20.1. The second-order valence-electron chi connectivity index (χ2n) is 8.94. The third-order valence-corrected chi connectivity index (χ3v) is 6.86. The highest BCUT2D eigenvalue weighted by atomic mass is 16.5. The maximum atomic E-state index is 12.7. The van der Waals surface area contributed by atoms with Gasteiger partial charge < -0.3 is 14.5 Å². The zero-order valence-electron chi connectivity index (χ0n) is 17.5. The Bertz CT molecular complexity index is 683. The van der Waals surface area contributed by atoms with Gasteiger partial charge in [-0.05, 0) is 68.7 Å². The first-order valence-electron chi connectivity index (χ1n) is 11.5. The fourth-order valence-corrected chi connectivity index (χ4v) is 4.94. The Labute approximate surface area is 174 Å². The molecule has 0 aromatic heterocycles. The van der Waals surface area contributed by atoms with Crippen molar-refractivity contribution in [3.05, 3.63) is 29.8 Å². The number of amides is 2. The molecule has 3 fully saturated rings. The van der Waals surface area contributed by atoms with E-state index >= 15 is 0 Å². The number of carbonyl (C=O) groups is 2. The van der Waals surface area contributed by atoms with Crippen LogP contribution in [0.25, 0.3) is 0 Å². The van der Waals surface area contributed by atoms with Gasteiger partial charge in [-0.2, -0.15) is 0 Å². The van der Waals surface area contributed by atoms with E-state index in [1.165, 1.54) is 19.3 Å². The number of hydrogen-bond donors (Lipinski definition) is 0. The number of ether oxygens (including phenoxy) is 1. The zero-order valence-corrected chi connectivity index (χ0v) is 17.5. The fourth-order valence-electron chi connectivity index (χ4n) is 4.94. The van der Waals surface area contributed by atoms with Gasteiger partial charge in [0.05, 0.1) is 6.61 Å². The molecule has 2 amide bonds. The van der Waals surface area contributed by atoms with Crippen molar-refractivity contribution in [2.45, 2.75) is 57.8 Å². The minimum absolute atomic E-state index is 0.129. The molecule has 1 aliphatic carbocycles. The van der Waals surface area contributed by atoms with Gasteiger partial charge in [-0.1, -0.05) is 19.3 Å². The minimum atomic E-state index is 0.129. The summed E-state index contributed by atoms with van der Waals surface area (Å²) >= 11 is 0. The molecular weight excluding hydrogens is 364 g/mol. The van der Waals surface area contributed by atoms with Crippen molar-refractivity contribution in [2.24, 2.45) is 11.8 Å². The average molecular weight is 399 g/mol. The van der Waals surface area contributed by atoms with Gasteiger partial charge in [0.2, 0.25) is 5.91 Å². The van der Waals surface area contributed by atoms with Crippen LogP contribution in [0.2, 0.25) is 0 Å². The number of carbonyl (C=O) groups excluding carboxylic acids is 2. The lowest BCUT2D eigenvalue weighted by atomic mass is 9.87. The van der Waals surface area contributed by atoms with E-state index < -0.39 is 0 Å². The first-order valence-corrected chi connectivity index (χ1v) is 11.5. The van der Waals surface area contributed by atoms with E-state index in [0.29, 0.717) is 18.4 Å². The monoisotopic (exact) mass is 398 g/mol. The van der Waals surface area contributed by atoms with Crippen molar-refractivity contribution in [1.29, 1.82) is 0 Å². The van der Waals surface area contributed by atoms with Crippen LogP contribution >= 0.6 is 0 Å². The Morgan fingerprint density at radius 2 is 1.45 bits per heavy atom. The lowest BCUT2D eigenvalue weighted by molar-refractivity contribution is -0.138. The number of piperidine rings is 1. The third-order valence-electron chi connectivity index (χ3n) is 6.86. The van der Waals surface area contributed by atoms with Crippen LogP contribution in [-0.4, -0.2) is 54.4 Å². The Morgan fingerprint density at radius 3 is 2.10 bits per heavy atom. The van der Waals surface area contributed by atoms with Crippen molar-refractivity contribution in [2.75, 3.05) is 32.8 Å². The number of rotatable bonds is 5. The van der Waals surface area contributed by atoms with Gasteiger partial charge in [0.1, 0.15) is 5.75 Å². The van der Waals surface area contributed by atoms with Gasteiger partial charge in [0.25, 0.3) is 5.91 Å². The molecule has 158 valence electrons. The van der Waals surface area contributed by atoms with Crippen molar-refractivity contribution in [3.63, 3.8) is 0 Å². The van der Waals surface area contributed by atoms with E-state index in [-0.39, 0.29) is 11.8 Å². The van der Waals surface area contributed by atoms with E-state index in [4.69, 9.17) is 4.74 Å². The van der Waals surface area contributed by atoms with Gasteiger partial charge in [0, 0.05) is 37.7 Å². The van der Waals surface area contributed by atoms with E-state index in [0.717, 1.165) is 76.0 Å². The van der Waals surface area contributed by atoms with Crippen LogP contribution < -0.4 is 4.74 Å². The molecule has 1 aromatic rings. The van der Waals surface area contributed by atoms with Crippen LogP contribution in [-0.2, 0) is 4.79 Å². The molecule has 29 heavy (non-hydrogen) atoms. The second kappa shape index (κ2) is 9.64. The summed E-state index contributed by atoms with van der Waals surface area (Å²) in [6.07, 6.45) is 10.1. The maximum Gasteiger partial charge on any atom is 0.253 e. The Kier molecular flexibility index (Phi) is 6.73. The van der Waals surface area contributed by atoms with Crippen molar-refractivity contribution >= 4 is 11.8 Å². The number of likely N-dealkylation sites (tertiary alicyclic amines) is 2. The van der Waals surface area contributed by atoms with Gasteiger partial charge >= 0.3 is 0 Å². The summed E-state index contributed by atoms with van der Waals surface area (Å²) in [6.45, 7) is 4.17. The second-order valence-corrected chi connectivity index (χ2v) is 8.94. The lowest BCUT2D eigenvalue weighted by Gasteiger charge is -2.35. The van der Waals surface area contributed by atoms with Crippen molar-refractivity contribution in [1.82, 2.24) is 9.80 Å². The molecule has 0 N–H and O–H groups in total. The summed E-state index contributed by atoms with van der Waals surface area (Å²) in [4.78, 5) is 29.1. The molecule has 1 aromatic carbocycles. The van der Waals surface area contributed by atoms with Crippen LogP contribution in [0.1, 0.15) is 68.1 Å². The summed E-state index contributed by atoms with van der Waals surface area (Å²) in [5, 5.41) is 0. The Balaban J connectivity index is 1.20. The van der Waals surface area contributed by atoms with Gasteiger partial charge in [-0.15, -0.1) is 0 Å². The molecule has 2 heterocycles. The topological polar surface area (TPSA) is 49.9 Å². The summed E-state index contributed by atoms with van der Waals surface area (Å²) in [5.41, 5.74) is 0.744. The average Bonchev–Trinajstić information content (AvgIpc) is 3.33. The smallest absolute Gasteiger partial charge is 0.253 e. The molecule has 0 radical (unpaired) electrons. The van der Waals surface area contributed by atoms with Gasteiger partial charge in [0.15, 0.2) is 0 Å². The molecule has 2 saturated heterocycles. The minimum Gasteiger partial charge on any atom is -0.493 e. The van der Waals surface area contributed by atoms with Crippen LogP contribution in [0.15, 0.2) is 24.3 Å². The van der Waals surface area contributed by atoms with Crippen LogP contribution in [0.3, 0.4) is 0 Å². The molecule has 5 nitrogen and oxygen atoms in total. The quantitative estimate of drug-likeness (QED) is 0.750. The Morgan fingerprint density at radius 1 is 0.793 bits per heavy atom. The highest BCUT2D eigenvalue weighted by molar-refractivity contribution is 5.94. The largest absolute Gasteiger partial charge is 0.493 e. The van der Waals surface area contributed by atoms with Crippen LogP contribution in [0.5, 0.6) is 5.75 Å². The third kappa shape index (κ3) is 5.12. The summed E-state index contributed by atoms with van der Waals surface area (Å²) < 4.78 is 5.99. The summed E-state index contributed by atoms with van der Waals surface area (Å²) in [5.74, 6) is 2.12. The molecule has 2 aliphatic heterocycles. The molecule has 4 rings (SSSR count). The molecule has 5 heteroatoms. The number of nitrogens with zero attached hydrogens (tertiary/aromatic N) is 2. The Hall–Kier alpha value is -2.04. The normalized spacial score (nSPS) is 21.4. The highest BCUT2D eigenvalue weighted by Crippen LogP contribution is 2.28. The van der Waals surface area contributed by atoms with E-state index in [1.807, 2.05) is 29.2 Å². The molecule has 0 atom stereocenters. The predicted octanol–water partition coefficient (Wildman–Crippen LogP) is 4.12. The summed E-state index contributed by atoms with van der Waals surface area (Å²) in [7, 11) is 0.